The standard InChI is InChI=1S/C19H23N3O5S/c1-5-18(19(23)20-15-7-6-8-16(12-15)22(24)25)21(28(4,26)27)17-10-13(2)9-14(3)11-17/h6-12,18H,5H2,1-4H3,(H,20,23)/t18-/m0/s1. The van der Waals surface area contributed by atoms with Gasteiger partial charge in [-0.3, -0.25) is 19.2 Å². The Morgan fingerprint density at radius 3 is 2.29 bits per heavy atom. The van der Waals surface area contributed by atoms with Gasteiger partial charge in [-0.1, -0.05) is 19.1 Å². The van der Waals surface area contributed by atoms with Crippen molar-refractivity contribution in [2.24, 2.45) is 0 Å². The Labute approximate surface area is 164 Å². The number of nitrogens with zero attached hydrogens (tertiary/aromatic N) is 2. The molecule has 1 N–H and O–H groups in total. The SMILES string of the molecule is CC[C@@H](C(=O)Nc1cccc([N+](=O)[O-])c1)N(c1cc(C)cc(C)c1)S(C)(=O)=O. The lowest BCUT2D eigenvalue weighted by atomic mass is 10.1. The Morgan fingerprint density at radius 2 is 1.79 bits per heavy atom. The first kappa shape index (κ1) is 21.4. The Balaban J connectivity index is 2.42. The van der Waals surface area contributed by atoms with E-state index < -0.39 is 26.9 Å². The van der Waals surface area contributed by atoms with Crippen LogP contribution in [0.5, 0.6) is 0 Å². The molecule has 0 aliphatic rings. The summed E-state index contributed by atoms with van der Waals surface area (Å²) < 4.78 is 26.1. The van der Waals surface area contributed by atoms with Crippen LogP contribution in [0.3, 0.4) is 0 Å². The van der Waals surface area contributed by atoms with Crippen LogP contribution >= 0.6 is 0 Å². The molecule has 1 atom stereocenters. The van der Waals surface area contributed by atoms with E-state index >= 15 is 0 Å². The Kier molecular flexibility index (Phi) is 6.40. The van der Waals surface area contributed by atoms with E-state index in [4.69, 9.17) is 0 Å². The number of nitrogens with one attached hydrogen (secondary N) is 1. The lowest BCUT2D eigenvalue weighted by molar-refractivity contribution is -0.384. The summed E-state index contributed by atoms with van der Waals surface area (Å²) in [6.07, 6.45) is 1.27. The fourth-order valence-corrected chi connectivity index (χ4v) is 4.26. The summed E-state index contributed by atoms with van der Waals surface area (Å²) in [7, 11) is -3.76. The molecule has 0 heterocycles. The summed E-state index contributed by atoms with van der Waals surface area (Å²) in [5.41, 5.74) is 2.21. The summed E-state index contributed by atoms with van der Waals surface area (Å²) in [5, 5.41) is 13.5. The third-order valence-electron chi connectivity index (χ3n) is 4.12. The molecule has 0 saturated carbocycles. The molecule has 9 heteroatoms. The van der Waals surface area contributed by atoms with Crippen LogP contribution in [0, 0.1) is 24.0 Å². The first-order chi connectivity index (χ1) is 13.0. The van der Waals surface area contributed by atoms with Crippen LogP contribution in [0.25, 0.3) is 0 Å². The molecule has 28 heavy (non-hydrogen) atoms. The number of non-ortho nitro benzene ring substituents is 1. The third kappa shape index (κ3) is 5.07. The molecular formula is C19H23N3O5S. The Bertz CT molecular complexity index is 984. The number of hydrogen-bond acceptors (Lipinski definition) is 5. The predicted molar refractivity (Wildman–Crippen MR) is 109 cm³/mol. The van der Waals surface area contributed by atoms with Crippen molar-refractivity contribution in [2.75, 3.05) is 15.9 Å². The van der Waals surface area contributed by atoms with Gasteiger partial charge >= 0.3 is 0 Å². The van der Waals surface area contributed by atoms with Crippen LogP contribution in [0.15, 0.2) is 42.5 Å². The molecule has 0 spiro atoms. The molecule has 0 bridgehead atoms. The average Bonchev–Trinajstić information content (AvgIpc) is 2.57. The van der Waals surface area contributed by atoms with E-state index in [0.717, 1.165) is 21.7 Å². The maximum atomic E-state index is 12.9. The van der Waals surface area contributed by atoms with Crippen LogP contribution in [0.4, 0.5) is 17.1 Å². The lowest BCUT2D eigenvalue weighted by Crippen LogP contribution is -2.47. The van der Waals surface area contributed by atoms with E-state index in [1.165, 1.54) is 24.3 Å². The molecule has 0 aliphatic carbocycles. The molecule has 2 rings (SSSR count). The van der Waals surface area contributed by atoms with Crippen LogP contribution in [-0.2, 0) is 14.8 Å². The minimum Gasteiger partial charge on any atom is -0.324 e. The normalized spacial score (nSPS) is 12.3. The second-order valence-corrected chi connectivity index (χ2v) is 8.48. The molecule has 0 saturated heterocycles. The number of nitro benzene ring substituents is 1. The van der Waals surface area contributed by atoms with E-state index in [2.05, 4.69) is 5.32 Å². The molecule has 8 nitrogen and oxygen atoms in total. The molecule has 2 aromatic carbocycles. The summed E-state index contributed by atoms with van der Waals surface area (Å²) in [5.74, 6) is -0.562. The first-order valence-corrected chi connectivity index (χ1v) is 10.5. The number of sulfonamides is 1. The number of amides is 1. The Morgan fingerprint density at radius 1 is 1.18 bits per heavy atom. The minimum absolute atomic E-state index is 0.167. The van der Waals surface area contributed by atoms with E-state index in [1.54, 1.807) is 19.1 Å². The summed E-state index contributed by atoms with van der Waals surface area (Å²) in [4.78, 5) is 23.2. The zero-order valence-electron chi connectivity index (χ0n) is 16.2. The lowest BCUT2D eigenvalue weighted by Gasteiger charge is -2.30. The third-order valence-corrected chi connectivity index (χ3v) is 5.30. The predicted octanol–water partition coefficient (Wildman–Crippen LogP) is 3.39. The van der Waals surface area contributed by atoms with Gasteiger partial charge in [0.2, 0.25) is 15.9 Å². The number of aryl methyl sites for hydroxylation is 2. The van der Waals surface area contributed by atoms with Crippen LogP contribution in [0.1, 0.15) is 24.5 Å². The van der Waals surface area contributed by atoms with Gasteiger partial charge in [0.1, 0.15) is 6.04 Å². The van der Waals surface area contributed by atoms with Gasteiger partial charge in [0.15, 0.2) is 0 Å². The van der Waals surface area contributed by atoms with Crippen LogP contribution < -0.4 is 9.62 Å². The smallest absolute Gasteiger partial charge is 0.271 e. The van der Waals surface area contributed by atoms with Crippen molar-refractivity contribution in [1.29, 1.82) is 0 Å². The van der Waals surface area contributed by atoms with Crippen molar-refractivity contribution in [3.05, 3.63) is 63.7 Å². The van der Waals surface area contributed by atoms with Crippen molar-refractivity contribution in [2.45, 2.75) is 33.2 Å². The molecule has 2 aromatic rings. The quantitative estimate of drug-likeness (QED) is 0.561. The molecule has 0 aromatic heterocycles. The number of carbonyl (C=O) groups is 1. The van der Waals surface area contributed by atoms with Gasteiger partial charge in [-0.15, -0.1) is 0 Å². The van der Waals surface area contributed by atoms with Crippen molar-refractivity contribution in [3.8, 4) is 0 Å². The van der Waals surface area contributed by atoms with Crippen molar-refractivity contribution in [3.63, 3.8) is 0 Å². The minimum atomic E-state index is -3.76. The fraction of sp³-hybridized carbons (Fsp3) is 0.316. The van der Waals surface area contributed by atoms with Gasteiger partial charge in [-0.25, -0.2) is 8.42 Å². The number of nitro groups is 1. The van der Waals surface area contributed by atoms with Gasteiger partial charge in [-0.05, 0) is 49.6 Å². The van der Waals surface area contributed by atoms with E-state index in [1.807, 2.05) is 19.9 Å². The summed E-state index contributed by atoms with van der Waals surface area (Å²) in [6, 6.07) is 9.82. The van der Waals surface area contributed by atoms with Gasteiger partial charge in [0, 0.05) is 17.8 Å². The first-order valence-electron chi connectivity index (χ1n) is 8.66. The summed E-state index contributed by atoms with van der Waals surface area (Å²) >= 11 is 0. The molecule has 1 amide bonds. The van der Waals surface area contributed by atoms with Crippen molar-refractivity contribution >= 4 is 33.0 Å². The van der Waals surface area contributed by atoms with Crippen molar-refractivity contribution in [1.82, 2.24) is 0 Å². The molecular weight excluding hydrogens is 382 g/mol. The van der Waals surface area contributed by atoms with Crippen LogP contribution in [0.2, 0.25) is 0 Å². The largest absolute Gasteiger partial charge is 0.324 e. The van der Waals surface area contributed by atoms with Gasteiger partial charge in [0.25, 0.3) is 5.69 Å². The number of rotatable bonds is 7. The van der Waals surface area contributed by atoms with E-state index in [0.29, 0.717) is 5.69 Å². The number of benzene rings is 2. The highest BCUT2D eigenvalue weighted by Gasteiger charge is 2.32. The molecule has 0 fully saturated rings. The maximum Gasteiger partial charge on any atom is 0.271 e. The topological polar surface area (TPSA) is 110 Å². The Hall–Kier alpha value is -2.94. The average molecular weight is 405 g/mol. The second kappa shape index (κ2) is 8.39. The monoisotopic (exact) mass is 405 g/mol. The molecule has 150 valence electrons. The highest BCUT2D eigenvalue weighted by Crippen LogP contribution is 2.26. The maximum absolute atomic E-state index is 12.9. The van der Waals surface area contributed by atoms with Crippen LogP contribution in [-0.4, -0.2) is 31.5 Å². The van der Waals surface area contributed by atoms with Gasteiger partial charge < -0.3 is 5.32 Å². The van der Waals surface area contributed by atoms with E-state index in [9.17, 15) is 23.3 Å². The van der Waals surface area contributed by atoms with Gasteiger partial charge in [-0.2, -0.15) is 0 Å². The molecule has 0 unspecified atom stereocenters. The molecule has 0 radical (unpaired) electrons. The summed E-state index contributed by atoms with van der Waals surface area (Å²) in [6.45, 7) is 5.40. The second-order valence-electron chi connectivity index (χ2n) is 6.63. The van der Waals surface area contributed by atoms with Crippen molar-refractivity contribution < 1.29 is 18.1 Å². The number of carbonyl (C=O) groups excluding carboxylic acids is 1. The molecule has 0 aliphatic heterocycles. The number of hydrogen-bond donors (Lipinski definition) is 1. The fourth-order valence-electron chi connectivity index (χ4n) is 3.06. The number of anilines is 2. The van der Waals surface area contributed by atoms with Gasteiger partial charge in [0.05, 0.1) is 16.9 Å². The highest BCUT2D eigenvalue weighted by atomic mass is 32.2. The van der Waals surface area contributed by atoms with E-state index in [-0.39, 0.29) is 17.8 Å². The highest BCUT2D eigenvalue weighted by molar-refractivity contribution is 7.92. The zero-order valence-corrected chi connectivity index (χ0v) is 17.0. The zero-order chi connectivity index (χ0) is 21.1.